The molecule has 0 saturated heterocycles. The second-order valence-electron chi connectivity index (χ2n) is 2.25. The Balaban J connectivity index is 2.57. The molecule has 1 rings (SSSR count). The first-order valence-electron chi connectivity index (χ1n) is 3.21. The Hall–Kier alpha value is 0.160. The number of hydrogen-bond acceptors (Lipinski definition) is 5. The van der Waals surface area contributed by atoms with Crippen molar-refractivity contribution in [3.05, 3.63) is 12.3 Å². The van der Waals surface area contributed by atoms with E-state index in [1.165, 1.54) is 17.1 Å². The van der Waals surface area contributed by atoms with E-state index in [-0.39, 0.29) is 11.9 Å². The molecule has 5 heteroatoms. The van der Waals surface area contributed by atoms with Crippen molar-refractivity contribution in [2.45, 2.75) is 17.5 Å². The summed E-state index contributed by atoms with van der Waals surface area (Å²) in [6.45, 7) is -0.170. The lowest BCUT2D eigenvalue weighted by Gasteiger charge is -2.28. The number of ether oxygens (including phenoxy) is 1. The van der Waals surface area contributed by atoms with Crippen molar-refractivity contribution in [1.29, 1.82) is 0 Å². The molecule has 0 radical (unpaired) electrons. The van der Waals surface area contributed by atoms with Crippen LogP contribution >= 0.6 is 22.5 Å². The molecule has 64 valence electrons. The van der Waals surface area contributed by atoms with E-state index in [9.17, 15) is 5.11 Å². The van der Waals surface area contributed by atoms with E-state index in [4.69, 9.17) is 9.84 Å². The minimum atomic E-state index is -0.674. The standard InChI is InChI=1S/C6H10O3S2/c7-3-4-6(8)5(11-10)1-2-9-4/h1-2,4-8,10H,3H2/t4?,5?,6-/m1/s1. The van der Waals surface area contributed by atoms with E-state index >= 15 is 0 Å². The Morgan fingerprint density at radius 2 is 2.36 bits per heavy atom. The van der Waals surface area contributed by atoms with Crippen LogP contribution in [0.4, 0.5) is 0 Å². The Labute approximate surface area is 74.2 Å². The Morgan fingerprint density at radius 3 is 2.91 bits per heavy atom. The van der Waals surface area contributed by atoms with Gasteiger partial charge in [-0.2, -0.15) is 0 Å². The highest BCUT2D eigenvalue weighted by Gasteiger charge is 2.29. The molecule has 1 aliphatic heterocycles. The summed E-state index contributed by atoms with van der Waals surface area (Å²) >= 11 is 3.97. The van der Waals surface area contributed by atoms with E-state index in [1.54, 1.807) is 6.08 Å². The normalized spacial score (nSPS) is 36.8. The highest BCUT2D eigenvalue weighted by Crippen LogP contribution is 2.25. The fourth-order valence-corrected chi connectivity index (χ4v) is 1.90. The molecule has 1 heterocycles. The highest BCUT2D eigenvalue weighted by atomic mass is 33.1. The third kappa shape index (κ3) is 2.05. The van der Waals surface area contributed by atoms with Gasteiger partial charge in [-0.25, -0.2) is 0 Å². The molecule has 2 N–H and O–H groups in total. The average Bonchev–Trinajstić information content (AvgIpc) is 2.05. The van der Waals surface area contributed by atoms with E-state index in [2.05, 4.69) is 11.7 Å². The molecule has 0 amide bonds. The fraction of sp³-hybridized carbons (Fsp3) is 0.667. The van der Waals surface area contributed by atoms with Crippen LogP contribution in [-0.2, 0) is 4.74 Å². The Kier molecular flexibility index (Phi) is 3.58. The third-order valence-electron chi connectivity index (χ3n) is 1.54. The second-order valence-corrected chi connectivity index (χ2v) is 3.63. The van der Waals surface area contributed by atoms with Gasteiger partial charge in [0.05, 0.1) is 18.1 Å². The molecular weight excluding hydrogens is 184 g/mol. The van der Waals surface area contributed by atoms with Crippen molar-refractivity contribution in [2.75, 3.05) is 6.61 Å². The van der Waals surface area contributed by atoms with Gasteiger partial charge in [0.25, 0.3) is 0 Å². The number of thiol groups is 1. The van der Waals surface area contributed by atoms with E-state index in [0.29, 0.717) is 0 Å². The lowest BCUT2D eigenvalue weighted by molar-refractivity contribution is -0.0283. The Morgan fingerprint density at radius 1 is 1.64 bits per heavy atom. The minimum Gasteiger partial charge on any atom is -0.493 e. The molecular formula is C6H10O3S2. The van der Waals surface area contributed by atoms with Gasteiger partial charge in [-0.1, -0.05) is 10.8 Å². The maximum atomic E-state index is 9.42. The first-order chi connectivity index (χ1) is 5.29. The second kappa shape index (κ2) is 4.25. The van der Waals surface area contributed by atoms with Gasteiger partial charge < -0.3 is 14.9 Å². The van der Waals surface area contributed by atoms with Gasteiger partial charge in [-0.3, -0.25) is 0 Å². The molecule has 0 aromatic heterocycles. The summed E-state index contributed by atoms with van der Waals surface area (Å²) < 4.78 is 4.94. The van der Waals surface area contributed by atoms with Crippen molar-refractivity contribution in [3.8, 4) is 0 Å². The van der Waals surface area contributed by atoms with Gasteiger partial charge in [0, 0.05) is 0 Å². The van der Waals surface area contributed by atoms with Gasteiger partial charge >= 0.3 is 0 Å². The summed E-state index contributed by atoms with van der Waals surface area (Å²) in [7, 11) is 1.24. The molecule has 3 nitrogen and oxygen atoms in total. The van der Waals surface area contributed by atoms with Crippen LogP contribution in [0, 0.1) is 0 Å². The largest absolute Gasteiger partial charge is 0.493 e. The molecule has 0 aromatic rings. The number of hydrogen-bond donors (Lipinski definition) is 3. The van der Waals surface area contributed by atoms with Gasteiger partial charge in [-0.15, -0.1) is 11.7 Å². The predicted molar refractivity (Wildman–Crippen MR) is 47.5 cm³/mol. The molecule has 11 heavy (non-hydrogen) atoms. The molecule has 0 aliphatic carbocycles. The molecule has 2 unspecified atom stereocenters. The first-order valence-corrected chi connectivity index (χ1v) is 5.14. The summed E-state index contributed by atoms with van der Waals surface area (Å²) in [4.78, 5) is 0. The predicted octanol–water partition coefficient (Wildman–Crippen LogP) is 0.199. The van der Waals surface area contributed by atoms with Crippen molar-refractivity contribution < 1.29 is 14.9 Å². The zero-order chi connectivity index (χ0) is 8.27. The van der Waals surface area contributed by atoms with E-state index in [1.807, 2.05) is 0 Å². The topological polar surface area (TPSA) is 49.7 Å². The van der Waals surface area contributed by atoms with Crippen LogP contribution < -0.4 is 0 Å². The van der Waals surface area contributed by atoms with Crippen molar-refractivity contribution >= 4 is 22.5 Å². The van der Waals surface area contributed by atoms with Crippen LogP contribution in [0.1, 0.15) is 0 Å². The SMILES string of the molecule is OCC1OC=CC(SS)[C@@H]1O. The molecule has 0 aromatic carbocycles. The lowest BCUT2D eigenvalue weighted by Crippen LogP contribution is -2.40. The summed E-state index contributed by atoms with van der Waals surface area (Å²) in [6.07, 6.45) is 2.02. The fourth-order valence-electron chi connectivity index (χ4n) is 0.878. The van der Waals surface area contributed by atoms with Crippen molar-refractivity contribution in [2.24, 2.45) is 0 Å². The highest BCUT2D eigenvalue weighted by molar-refractivity contribution is 8.68. The molecule has 0 spiro atoms. The van der Waals surface area contributed by atoms with Crippen LogP contribution in [0.5, 0.6) is 0 Å². The molecule has 0 bridgehead atoms. The summed E-state index contributed by atoms with van der Waals surface area (Å²) in [5.41, 5.74) is 0. The summed E-state index contributed by atoms with van der Waals surface area (Å²) in [5.74, 6) is 0. The van der Waals surface area contributed by atoms with Crippen molar-refractivity contribution in [3.63, 3.8) is 0 Å². The van der Waals surface area contributed by atoms with Gasteiger partial charge in [-0.05, 0) is 6.08 Å². The van der Waals surface area contributed by atoms with Crippen LogP contribution in [0.2, 0.25) is 0 Å². The number of rotatable bonds is 2. The van der Waals surface area contributed by atoms with Crippen LogP contribution in [0.25, 0.3) is 0 Å². The van der Waals surface area contributed by atoms with Crippen LogP contribution in [-0.4, -0.2) is 34.3 Å². The number of aliphatic hydroxyl groups is 2. The molecule has 3 atom stereocenters. The first kappa shape index (κ1) is 9.25. The maximum Gasteiger partial charge on any atom is 0.148 e. The van der Waals surface area contributed by atoms with Crippen molar-refractivity contribution in [1.82, 2.24) is 0 Å². The molecule has 1 aliphatic rings. The summed E-state index contributed by atoms with van der Waals surface area (Å²) in [5, 5.41) is 18.1. The van der Waals surface area contributed by atoms with E-state index < -0.39 is 12.2 Å². The van der Waals surface area contributed by atoms with Gasteiger partial charge in [0.15, 0.2) is 0 Å². The quantitative estimate of drug-likeness (QED) is 0.434. The zero-order valence-corrected chi connectivity index (χ0v) is 7.46. The smallest absolute Gasteiger partial charge is 0.148 e. The van der Waals surface area contributed by atoms with Crippen LogP contribution in [0.3, 0.4) is 0 Å². The average molecular weight is 194 g/mol. The lowest BCUT2D eigenvalue weighted by atomic mass is 10.1. The number of aliphatic hydroxyl groups excluding tert-OH is 2. The monoisotopic (exact) mass is 194 g/mol. The van der Waals surface area contributed by atoms with Gasteiger partial charge in [0.1, 0.15) is 12.2 Å². The van der Waals surface area contributed by atoms with E-state index in [0.717, 1.165) is 0 Å². The minimum absolute atomic E-state index is 0.0933. The van der Waals surface area contributed by atoms with Crippen LogP contribution in [0.15, 0.2) is 12.3 Å². The van der Waals surface area contributed by atoms with Gasteiger partial charge in [0.2, 0.25) is 0 Å². The third-order valence-corrected chi connectivity index (χ3v) is 2.95. The maximum absolute atomic E-state index is 9.42. The molecule has 0 saturated carbocycles. The Bertz CT molecular complexity index is 151. The molecule has 0 fully saturated rings. The zero-order valence-electron chi connectivity index (χ0n) is 5.75. The summed E-state index contributed by atoms with van der Waals surface area (Å²) in [6, 6.07) is 0.